The number of nitrogens with zero attached hydrogens (tertiary/aromatic N) is 1. The number of ether oxygens (including phenoxy) is 1. The average molecular weight is 234 g/mol. The van der Waals surface area contributed by atoms with Gasteiger partial charge in [0, 0.05) is 11.5 Å². The summed E-state index contributed by atoms with van der Waals surface area (Å²) in [4.78, 5) is 4.30. The number of pyridine rings is 1. The minimum Gasteiger partial charge on any atom is -0.491 e. The van der Waals surface area contributed by atoms with Crippen LogP contribution in [-0.4, -0.2) is 11.6 Å². The van der Waals surface area contributed by atoms with Gasteiger partial charge in [-0.2, -0.15) is 0 Å². The van der Waals surface area contributed by atoms with Crippen molar-refractivity contribution in [2.24, 2.45) is 11.1 Å². The van der Waals surface area contributed by atoms with E-state index >= 15 is 0 Å². The molecule has 0 unspecified atom stereocenters. The molecular formula is C14H22N2O. The van der Waals surface area contributed by atoms with Gasteiger partial charge < -0.3 is 10.5 Å². The standard InChI is InChI=1S/C14H22N2O/c1-11(15)13-6-5-12(9-16-13)17-10-14(2)7-3-4-8-14/h5-6,9,11H,3-4,7-8,10,15H2,1-2H3/t11-/m0/s1. The van der Waals surface area contributed by atoms with Crippen molar-refractivity contribution in [1.29, 1.82) is 0 Å². The van der Waals surface area contributed by atoms with Crippen molar-refractivity contribution in [2.45, 2.75) is 45.6 Å². The fourth-order valence-corrected chi connectivity index (χ4v) is 2.38. The molecule has 0 amide bonds. The first-order valence-electron chi connectivity index (χ1n) is 6.43. The molecule has 0 spiro atoms. The second-order valence-corrected chi connectivity index (χ2v) is 5.51. The van der Waals surface area contributed by atoms with Gasteiger partial charge in [0.25, 0.3) is 0 Å². The van der Waals surface area contributed by atoms with Crippen LogP contribution in [0.3, 0.4) is 0 Å². The topological polar surface area (TPSA) is 48.1 Å². The Morgan fingerprint density at radius 1 is 1.41 bits per heavy atom. The highest BCUT2D eigenvalue weighted by atomic mass is 16.5. The van der Waals surface area contributed by atoms with Crippen LogP contribution in [0.4, 0.5) is 0 Å². The van der Waals surface area contributed by atoms with Gasteiger partial charge in [-0.15, -0.1) is 0 Å². The van der Waals surface area contributed by atoms with E-state index in [1.54, 1.807) is 6.20 Å². The number of rotatable bonds is 4. The third-order valence-corrected chi connectivity index (χ3v) is 3.62. The average Bonchev–Trinajstić information content (AvgIpc) is 2.75. The van der Waals surface area contributed by atoms with Gasteiger partial charge in [0.2, 0.25) is 0 Å². The fraction of sp³-hybridized carbons (Fsp3) is 0.643. The number of nitrogens with two attached hydrogens (primary N) is 1. The molecule has 3 nitrogen and oxygen atoms in total. The SMILES string of the molecule is C[C@H](N)c1ccc(OCC2(C)CCCC2)cn1. The predicted octanol–water partition coefficient (Wildman–Crippen LogP) is 3.06. The molecule has 0 aliphatic heterocycles. The fourth-order valence-electron chi connectivity index (χ4n) is 2.38. The molecule has 17 heavy (non-hydrogen) atoms. The molecule has 2 N–H and O–H groups in total. The summed E-state index contributed by atoms with van der Waals surface area (Å²) in [5.74, 6) is 0.850. The Morgan fingerprint density at radius 3 is 2.65 bits per heavy atom. The molecular weight excluding hydrogens is 212 g/mol. The maximum absolute atomic E-state index is 5.82. The monoisotopic (exact) mass is 234 g/mol. The minimum atomic E-state index is -0.0172. The highest BCUT2D eigenvalue weighted by Gasteiger charge is 2.29. The summed E-state index contributed by atoms with van der Waals surface area (Å²) in [6, 6.07) is 3.89. The Hall–Kier alpha value is -1.09. The predicted molar refractivity (Wildman–Crippen MR) is 68.9 cm³/mol. The molecule has 1 saturated carbocycles. The normalized spacial score (nSPS) is 20.2. The van der Waals surface area contributed by atoms with E-state index in [0.717, 1.165) is 18.1 Å². The zero-order valence-electron chi connectivity index (χ0n) is 10.8. The van der Waals surface area contributed by atoms with Gasteiger partial charge in [0.15, 0.2) is 0 Å². The Kier molecular flexibility index (Phi) is 3.67. The Morgan fingerprint density at radius 2 is 2.12 bits per heavy atom. The van der Waals surface area contributed by atoms with Gasteiger partial charge >= 0.3 is 0 Å². The van der Waals surface area contributed by atoms with Crippen LogP contribution in [0.15, 0.2) is 18.3 Å². The first kappa shape index (κ1) is 12.4. The Balaban J connectivity index is 1.90. The zero-order chi connectivity index (χ0) is 12.3. The van der Waals surface area contributed by atoms with Crippen molar-refractivity contribution < 1.29 is 4.74 Å². The number of hydrogen-bond acceptors (Lipinski definition) is 3. The van der Waals surface area contributed by atoms with Crippen molar-refractivity contribution in [3.8, 4) is 5.75 Å². The second kappa shape index (κ2) is 5.05. The Bertz CT molecular complexity index is 353. The lowest BCUT2D eigenvalue weighted by atomic mass is 9.90. The van der Waals surface area contributed by atoms with Crippen molar-refractivity contribution in [1.82, 2.24) is 4.98 Å². The van der Waals surface area contributed by atoms with Crippen molar-refractivity contribution in [3.63, 3.8) is 0 Å². The molecule has 0 aromatic carbocycles. The van der Waals surface area contributed by atoms with Gasteiger partial charge in [-0.05, 0) is 31.9 Å². The summed E-state index contributed by atoms with van der Waals surface area (Å²) in [5, 5.41) is 0. The molecule has 1 aromatic rings. The van der Waals surface area contributed by atoms with Crippen LogP contribution in [0, 0.1) is 5.41 Å². The lowest BCUT2D eigenvalue weighted by Gasteiger charge is -2.23. The van der Waals surface area contributed by atoms with E-state index in [-0.39, 0.29) is 6.04 Å². The molecule has 0 saturated heterocycles. The molecule has 1 aromatic heterocycles. The van der Waals surface area contributed by atoms with Gasteiger partial charge in [0.05, 0.1) is 18.5 Å². The van der Waals surface area contributed by atoms with Gasteiger partial charge in [0.1, 0.15) is 5.75 Å². The van der Waals surface area contributed by atoms with E-state index in [2.05, 4.69) is 11.9 Å². The van der Waals surface area contributed by atoms with Crippen LogP contribution >= 0.6 is 0 Å². The smallest absolute Gasteiger partial charge is 0.137 e. The maximum Gasteiger partial charge on any atom is 0.137 e. The third kappa shape index (κ3) is 3.19. The number of hydrogen-bond donors (Lipinski definition) is 1. The summed E-state index contributed by atoms with van der Waals surface area (Å²) in [6.45, 7) is 5.04. The quantitative estimate of drug-likeness (QED) is 0.871. The molecule has 1 aliphatic rings. The lowest BCUT2D eigenvalue weighted by molar-refractivity contribution is 0.167. The summed E-state index contributed by atoms with van der Waals surface area (Å²) in [5.41, 5.74) is 7.02. The molecule has 1 heterocycles. The largest absolute Gasteiger partial charge is 0.491 e. The van der Waals surface area contributed by atoms with Crippen molar-refractivity contribution >= 4 is 0 Å². The van der Waals surface area contributed by atoms with Crippen LogP contribution in [0.5, 0.6) is 5.75 Å². The maximum atomic E-state index is 5.82. The van der Waals surface area contributed by atoms with Crippen LogP contribution < -0.4 is 10.5 Å². The Labute approximate surface area is 103 Å². The molecule has 0 bridgehead atoms. The van der Waals surface area contributed by atoms with Gasteiger partial charge in [-0.1, -0.05) is 19.8 Å². The molecule has 1 aliphatic carbocycles. The van der Waals surface area contributed by atoms with Crippen LogP contribution in [0.2, 0.25) is 0 Å². The second-order valence-electron chi connectivity index (χ2n) is 5.51. The first-order chi connectivity index (χ1) is 8.09. The van der Waals surface area contributed by atoms with Crippen LogP contribution in [0.25, 0.3) is 0 Å². The molecule has 1 fully saturated rings. The number of aromatic nitrogens is 1. The molecule has 94 valence electrons. The van der Waals surface area contributed by atoms with Crippen molar-refractivity contribution in [3.05, 3.63) is 24.0 Å². The molecule has 1 atom stereocenters. The lowest BCUT2D eigenvalue weighted by Crippen LogP contribution is -2.21. The van der Waals surface area contributed by atoms with Crippen LogP contribution in [0.1, 0.15) is 51.3 Å². The first-order valence-corrected chi connectivity index (χ1v) is 6.43. The molecule has 2 rings (SSSR count). The van der Waals surface area contributed by atoms with E-state index in [1.807, 2.05) is 19.1 Å². The molecule has 0 radical (unpaired) electrons. The highest BCUT2D eigenvalue weighted by Crippen LogP contribution is 2.37. The zero-order valence-corrected chi connectivity index (χ0v) is 10.8. The molecule has 3 heteroatoms. The summed E-state index contributed by atoms with van der Waals surface area (Å²) in [7, 11) is 0. The minimum absolute atomic E-state index is 0.0172. The van der Waals surface area contributed by atoms with E-state index in [0.29, 0.717) is 5.41 Å². The summed E-state index contributed by atoms with van der Waals surface area (Å²) < 4.78 is 5.82. The summed E-state index contributed by atoms with van der Waals surface area (Å²) >= 11 is 0. The highest BCUT2D eigenvalue weighted by molar-refractivity contribution is 5.21. The van der Waals surface area contributed by atoms with E-state index in [4.69, 9.17) is 10.5 Å². The van der Waals surface area contributed by atoms with Crippen molar-refractivity contribution in [2.75, 3.05) is 6.61 Å². The van der Waals surface area contributed by atoms with Gasteiger partial charge in [-0.25, -0.2) is 0 Å². The van der Waals surface area contributed by atoms with E-state index in [9.17, 15) is 0 Å². The van der Waals surface area contributed by atoms with E-state index < -0.39 is 0 Å². The van der Waals surface area contributed by atoms with Crippen LogP contribution in [-0.2, 0) is 0 Å². The van der Waals surface area contributed by atoms with E-state index in [1.165, 1.54) is 25.7 Å². The summed E-state index contributed by atoms with van der Waals surface area (Å²) in [6.07, 6.45) is 7.00. The third-order valence-electron chi connectivity index (χ3n) is 3.62. The van der Waals surface area contributed by atoms with Gasteiger partial charge in [-0.3, -0.25) is 4.98 Å².